The smallest absolute Gasteiger partial charge is 0.416 e. The molecule has 0 fully saturated rings. The van der Waals surface area contributed by atoms with Crippen LogP contribution in [0.2, 0.25) is 5.02 Å². The van der Waals surface area contributed by atoms with Crippen LogP contribution in [0.5, 0.6) is 0 Å². The number of benzene rings is 1. The first kappa shape index (κ1) is 25.7. The molecule has 1 aromatic carbocycles. The molecule has 0 heterocycles. The van der Waals surface area contributed by atoms with Crippen molar-refractivity contribution in [3.63, 3.8) is 0 Å². The van der Waals surface area contributed by atoms with Crippen LogP contribution in [0.15, 0.2) is 23.1 Å². The maximum absolute atomic E-state index is 13.0. The molecule has 0 amide bonds. The van der Waals surface area contributed by atoms with Gasteiger partial charge in [-0.1, -0.05) is 11.6 Å². The second-order valence-electron chi connectivity index (χ2n) is 8.27. The fourth-order valence-corrected chi connectivity index (χ4v) is 3.69. The second-order valence-corrected chi connectivity index (χ2v) is 10.4. The van der Waals surface area contributed by atoms with Crippen LogP contribution in [0.1, 0.15) is 47.1 Å². The number of hydrogen-bond acceptors (Lipinski definition) is 5. The van der Waals surface area contributed by atoms with E-state index in [0.29, 0.717) is 12.1 Å². The summed E-state index contributed by atoms with van der Waals surface area (Å²) >= 11 is 5.82. The topological polar surface area (TPSA) is 81.7 Å². The van der Waals surface area contributed by atoms with Gasteiger partial charge in [-0.25, -0.2) is 8.42 Å². The average Bonchev–Trinajstić information content (AvgIpc) is 2.47. The predicted octanol–water partition coefficient (Wildman–Crippen LogP) is 4.16. The zero-order valence-corrected chi connectivity index (χ0v) is 18.6. The van der Waals surface area contributed by atoms with E-state index in [4.69, 9.17) is 21.1 Å². The lowest BCUT2D eigenvalue weighted by Crippen LogP contribution is -2.48. The van der Waals surface area contributed by atoms with Gasteiger partial charge in [0.15, 0.2) is 0 Å². The van der Waals surface area contributed by atoms with Crippen molar-refractivity contribution in [1.82, 2.24) is 4.72 Å². The third-order valence-electron chi connectivity index (χ3n) is 3.22. The number of ether oxygens (including phenoxy) is 2. The minimum atomic E-state index is -4.77. The van der Waals surface area contributed by atoms with Crippen molar-refractivity contribution >= 4 is 27.6 Å². The number of nitrogens with one attached hydrogen (secondary N) is 1. The van der Waals surface area contributed by atoms with E-state index in [9.17, 15) is 26.4 Å². The molecule has 0 spiro atoms. The Kier molecular flexibility index (Phi) is 7.78. The Labute approximate surface area is 173 Å². The van der Waals surface area contributed by atoms with E-state index in [2.05, 4.69) is 0 Å². The number of carbonyl (C=O) groups is 1. The second kappa shape index (κ2) is 8.79. The normalized spacial score (nSPS) is 14.6. The van der Waals surface area contributed by atoms with Crippen LogP contribution in [0, 0.1) is 0 Å². The van der Waals surface area contributed by atoms with Crippen molar-refractivity contribution in [3.05, 3.63) is 28.8 Å². The Balaban J connectivity index is 3.27. The first-order valence-electron chi connectivity index (χ1n) is 8.58. The third-order valence-corrected chi connectivity index (χ3v) is 5.17. The van der Waals surface area contributed by atoms with Crippen molar-refractivity contribution < 1.29 is 35.9 Å². The summed E-state index contributed by atoms with van der Waals surface area (Å²) < 4.78 is 77.0. The van der Waals surface area contributed by atoms with Crippen LogP contribution in [-0.4, -0.2) is 38.2 Å². The monoisotopic (exact) mass is 459 g/mol. The molecule has 29 heavy (non-hydrogen) atoms. The molecule has 1 aromatic rings. The summed E-state index contributed by atoms with van der Waals surface area (Å²) in [5.41, 5.74) is -2.82. The maximum atomic E-state index is 13.0. The van der Waals surface area contributed by atoms with Crippen molar-refractivity contribution in [2.45, 2.75) is 69.9 Å². The van der Waals surface area contributed by atoms with E-state index in [1.165, 1.54) is 0 Å². The van der Waals surface area contributed by atoms with Gasteiger partial charge in [0.2, 0.25) is 10.0 Å². The number of carbonyl (C=O) groups excluding carboxylic acids is 1. The molecule has 0 aliphatic carbocycles. The van der Waals surface area contributed by atoms with Gasteiger partial charge in [-0.15, -0.1) is 0 Å². The Morgan fingerprint density at radius 3 is 2.10 bits per heavy atom. The zero-order chi connectivity index (χ0) is 22.8. The molecule has 0 bridgehead atoms. The molecule has 1 rings (SSSR count). The first-order valence-corrected chi connectivity index (χ1v) is 10.4. The lowest BCUT2D eigenvalue weighted by atomic mass is 10.2. The standard InChI is InChI=1S/C18H25ClF3NO5S/c1-16(2,3)27-10-13(15(24)28-17(4,5)6)23-29(25,26)14-9-11(18(20,21)22)7-8-12(14)19/h7-9,13,23H,10H2,1-6H3. The van der Waals surface area contributed by atoms with Gasteiger partial charge in [-0.2, -0.15) is 17.9 Å². The minimum Gasteiger partial charge on any atom is -0.459 e. The summed E-state index contributed by atoms with van der Waals surface area (Å²) in [4.78, 5) is 11.6. The summed E-state index contributed by atoms with van der Waals surface area (Å²) in [6.07, 6.45) is -4.77. The molecule has 11 heteroatoms. The molecule has 6 nitrogen and oxygen atoms in total. The summed E-state index contributed by atoms with van der Waals surface area (Å²) in [5, 5.41) is -0.426. The fraction of sp³-hybridized carbons (Fsp3) is 0.611. The number of hydrogen-bond donors (Lipinski definition) is 1. The molecule has 1 N–H and O–H groups in total. The molecule has 0 radical (unpaired) electrons. The molecular weight excluding hydrogens is 435 g/mol. The Morgan fingerprint density at radius 2 is 1.66 bits per heavy atom. The lowest BCUT2D eigenvalue weighted by Gasteiger charge is -2.27. The fourth-order valence-electron chi connectivity index (χ4n) is 1.99. The van der Waals surface area contributed by atoms with E-state index >= 15 is 0 Å². The molecule has 0 saturated carbocycles. The summed E-state index contributed by atoms with van der Waals surface area (Å²) in [6.45, 7) is 9.44. The average molecular weight is 460 g/mol. The Morgan fingerprint density at radius 1 is 1.10 bits per heavy atom. The van der Waals surface area contributed by atoms with E-state index in [0.717, 1.165) is 6.07 Å². The highest BCUT2D eigenvalue weighted by atomic mass is 35.5. The van der Waals surface area contributed by atoms with Gasteiger partial charge in [0, 0.05) is 0 Å². The van der Waals surface area contributed by atoms with E-state index in [1.807, 2.05) is 4.72 Å². The summed E-state index contributed by atoms with van der Waals surface area (Å²) in [5.74, 6) is -0.937. The summed E-state index contributed by atoms with van der Waals surface area (Å²) in [6, 6.07) is 0.397. The molecule has 0 aromatic heterocycles. The highest BCUT2D eigenvalue weighted by Gasteiger charge is 2.35. The lowest BCUT2D eigenvalue weighted by molar-refractivity contribution is -0.159. The zero-order valence-electron chi connectivity index (χ0n) is 17.0. The Bertz CT molecular complexity index is 843. The largest absolute Gasteiger partial charge is 0.459 e. The van der Waals surface area contributed by atoms with E-state index < -0.39 is 61.5 Å². The molecule has 0 aliphatic heterocycles. The van der Waals surface area contributed by atoms with Gasteiger partial charge in [-0.05, 0) is 59.7 Å². The van der Waals surface area contributed by atoms with Gasteiger partial charge < -0.3 is 9.47 Å². The number of sulfonamides is 1. The van der Waals surface area contributed by atoms with Crippen molar-refractivity contribution in [2.24, 2.45) is 0 Å². The van der Waals surface area contributed by atoms with Crippen LogP contribution in [0.3, 0.4) is 0 Å². The van der Waals surface area contributed by atoms with Crippen LogP contribution >= 0.6 is 11.6 Å². The predicted molar refractivity (Wildman–Crippen MR) is 102 cm³/mol. The molecule has 0 aliphatic rings. The SMILES string of the molecule is CC(C)(C)OCC(NS(=O)(=O)c1cc(C(F)(F)F)ccc1Cl)C(=O)OC(C)(C)C. The number of halogens is 4. The van der Waals surface area contributed by atoms with Gasteiger partial charge in [-0.3, -0.25) is 4.79 Å². The molecular formula is C18H25ClF3NO5S. The number of esters is 1. The molecule has 1 unspecified atom stereocenters. The molecule has 1 atom stereocenters. The first-order chi connectivity index (χ1) is 12.8. The van der Waals surface area contributed by atoms with Crippen LogP contribution < -0.4 is 4.72 Å². The summed E-state index contributed by atoms with van der Waals surface area (Å²) in [7, 11) is -4.60. The third kappa shape index (κ3) is 8.49. The number of rotatable bonds is 6. The van der Waals surface area contributed by atoms with Crippen LogP contribution in [0.25, 0.3) is 0 Å². The van der Waals surface area contributed by atoms with Crippen LogP contribution in [0.4, 0.5) is 13.2 Å². The van der Waals surface area contributed by atoms with Gasteiger partial charge in [0.05, 0.1) is 22.8 Å². The van der Waals surface area contributed by atoms with Crippen molar-refractivity contribution in [2.75, 3.05) is 6.61 Å². The minimum absolute atomic E-state index is 0.395. The van der Waals surface area contributed by atoms with Gasteiger partial charge >= 0.3 is 12.1 Å². The Hall–Kier alpha value is -1.36. The van der Waals surface area contributed by atoms with E-state index in [-0.39, 0.29) is 0 Å². The molecule has 0 saturated heterocycles. The van der Waals surface area contributed by atoms with Gasteiger partial charge in [0.25, 0.3) is 0 Å². The van der Waals surface area contributed by atoms with Gasteiger partial charge in [0.1, 0.15) is 16.5 Å². The maximum Gasteiger partial charge on any atom is 0.416 e. The highest BCUT2D eigenvalue weighted by Crippen LogP contribution is 2.33. The van der Waals surface area contributed by atoms with Crippen LogP contribution in [-0.2, 0) is 30.5 Å². The number of alkyl halides is 3. The van der Waals surface area contributed by atoms with Crippen molar-refractivity contribution in [3.8, 4) is 0 Å². The van der Waals surface area contributed by atoms with E-state index in [1.54, 1.807) is 41.5 Å². The quantitative estimate of drug-likeness (QED) is 0.646. The molecule has 166 valence electrons. The highest BCUT2D eigenvalue weighted by molar-refractivity contribution is 7.89. The van der Waals surface area contributed by atoms with Crippen molar-refractivity contribution in [1.29, 1.82) is 0 Å².